The van der Waals surface area contributed by atoms with E-state index >= 15 is 0 Å². The molecule has 0 aliphatic carbocycles. The molecule has 0 aliphatic rings. The molecule has 2 aromatic heterocycles. The predicted molar refractivity (Wildman–Crippen MR) is 122 cm³/mol. The number of carbonyl (C=O) groups is 2. The summed E-state index contributed by atoms with van der Waals surface area (Å²) in [6.45, 7) is 0. The lowest BCUT2D eigenvalue weighted by atomic mass is 10.1. The Bertz CT molecular complexity index is 1140. The van der Waals surface area contributed by atoms with Gasteiger partial charge in [-0.05, 0) is 66.8 Å². The van der Waals surface area contributed by atoms with Crippen molar-refractivity contribution in [3.63, 3.8) is 0 Å². The summed E-state index contributed by atoms with van der Waals surface area (Å²) in [4.78, 5) is 30.2. The number of nitrogens with one attached hydrogen (secondary N) is 3. The smallest absolute Gasteiger partial charge is 0.255 e. The number of aromatic nitrogens is 3. The monoisotopic (exact) mass is 431 g/mol. The van der Waals surface area contributed by atoms with Crippen LogP contribution < -0.4 is 10.6 Å². The van der Waals surface area contributed by atoms with Crippen LogP contribution in [0.3, 0.4) is 0 Å². The molecule has 8 heteroatoms. The average Bonchev–Trinajstić information content (AvgIpc) is 3.49. The van der Waals surface area contributed by atoms with Crippen LogP contribution in [0.1, 0.15) is 28.1 Å². The summed E-state index contributed by atoms with van der Waals surface area (Å²) in [7, 11) is 0. The van der Waals surface area contributed by atoms with Gasteiger partial charge in [0.05, 0.1) is 0 Å². The summed E-state index contributed by atoms with van der Waals surface area (Å²) < 4.78 is 0. The highest BCUT2D eigenvalue weighted by molar-refractivity contribution is 7.09. The third-order valence-electron chi connectivity index (χ3n) is 4.65. The molecule has 0 unspecified atom stereocenters. The predicted octanol–water partition coefficient (Wildman–Crippen LogP) is 4.75. The van der Waals surface area contributed by atoms with Crippen molar-refractivity contribution in [2.24, 2.45) is 0 Å². The maximum absolute atomic E-state index is 12.6. The number of thiophene rings is 1. The van der Waals surface area contributed by atoms with Crippen LogP contribution in [0, 0.1) is 0 Å². The van der Waals surface area contributed by atoms with Gasteiger partial charge in [-0.25, -0.2) is 4.98 Å². The van der Waals surface area contributed by atoms with E-state index in [9.17, 15) is 9.59 Å². The summed E-state index contributed by atoms with van der Waals surface area (Å²) in [5.74, 6) is 0.357. The molecule has 0 aliphatic heterocycles. The first kappa shape index (κ1) is 20.5. The zero-order valence-corrected chi connectivity index (χ0v) is 17.5. The van der Waals surface area contributed by atoms with Gasteiger partial charge < -0.3 is 10.6 Å². The van der Waals surface area contributed by atoms with Crippen LogP contribution in [0.5, 0.6) is 0 Å². The second-order valence-electron chi connectivity index (χ2n) is 6.93. The van der Waals surface area contributed by atoms with Crippen LogP contribution in [-0.2, 0) is 11.2 Å². The van der Waals surface area contributed by atoms with Crippen molar-refractivity contribution in [1.29, 1.82) is 0 Å². The minimum atomic E-state index is -0.249. The second kappa shape index (κ2) is 9.82. The number of hydrogen-bond donors (Lipinski definition) is 3. The van der Waals surface area contributed by atoms with E-state index in [4.69, 9.17) is 0 Å². The molecule has 2 heterocycles. The van der Waals surface area contributed by atoms with Crippen LogP contribution in [0.25, 0.3) is 11.4 Å². The Balaban J connectivity index is 1.31. The van der Waals surface area contributed by atoms with Crippen molar-refractivity contribution in [3.05, 3.63) is 82.8 Å². The maximum Gasteiger partial charge on any atom is 0.255 e. The number of H-pyrrole nitrogens is 1. The molecule has 31 heavy (non-hydrogen) atoms. The first-order chi connectivity index (χ1) is 15.2. The van der Waals surface area contributed by atoms with E-state index in [1.54, 1.807) is 47.7 Å². The van der Waals surface area contributed by atoms with Gasteiger partial charge in [-0.15, -0.1) is 11.3 Å². The van der Waals surface area contributed by atoms with Crippen molar-refractivity contribution in [2.45, 2.75) is 19.3 Å². The van der Waals surface area contributed by atoms with E-state index in [1.165, 1.54) is 11.2 Å². The fourth-order valence-electron chi connectivity index (χ4n) is 3.10. The largest absolute Gasteiger partial charge is 0.326 e. The molecular weight excluding hydrogens is 410 g/mol. The molecule has 0 saturated heterocycles. The summed E-state index contributed by atoms with van der Waals surface area (Å²) in [5, 5.41) is 14.4. The molecule has 156 valence electrons. The highest BCUT2D eigenvalue weighted by atomic mass is 32.1. The maximum atomic E-state index is 12.6. The molecule has 7 nitrogen and oxygen atoms in total. The fourth-order valence-corrected chi connectivity index (χ4v) is 3.85. The average molecular weight is 432 g/mol. The van der Waals surface area contributed by atoms with Crippen LogP contribution in [-0.4, -0.2) is 27.0 Å². The molecule has 0 bridgehead atoms. The van der Waals surface area contributed by atoms with E-state index in [1.807, 2.05) is 23.6 Å². The van der Waals surface area contributed by atoms with Crippen LogP contribution >= 0.6 is 11.3 Å². The third-order valence-corrected chi connectivity index (χ3v) is 5.58. The zero-order valence-electron chi connectivity index (χ0n) is 16.7. The number of anilines is 2. The van der Waals surface area contributed by atoms with Crippen LogP contribution in [0.4, 0.5) is 11.4 Å². The minimum Gasteiger partial charge on any atom is -0.326 e. The number of benzene rings is 2. The number of aromatic amines is 1. The Kier molecular flexibility index (Phi) is 6.49. The standard InChI is InChI=1S/C23H21N5O2S/c29-21(8-2-6-20-7-3-13-31-20)26-19-5-1-4-17(14-19)23(30)27-18-11-9-16(10-12-18)22-24-15-25-28-22/h1,3-5,7,9-15H,2,6,8H2,(H,26,29)(H,27,30)(H,24,25,28). The normalized spacial score (nSPS) is 10.6. The number of carbonyl (C=O) groups excluding carboxylic acids is 2. The van der Waals surface area contributed by atoms with Crippen molar-refractivity contribution in [2.75, 3.05) is 10.6 Å². The first-order valence-electron chi connectivity index (χ1n) is 9.87. The van der Waals surface area contributed by atoms with Crippen LogP contribution in [0.15, 0.2) is 72.4 Å². The highest BCUT2D eigenvalue weighted by Gasteiger charge is 2.09. The van der Waals surface area contributed by atoms with Gasteiger partial charge in [-0.1, -0.05) is 12.1 Å². The Hall–Kier alpha value is -3.78. The van der Waals surface area contributed by atoms with Gasteiger partial charge in [0.1, 0.15) is 6.33 Å². The van der Waals surface area contributed by atoms with E-state index < -0.39 is 0 Å². The first-order valence-corrected chi connectivity index (χ1v) is 10.7. The van der Waals surface area contributed by atoms with Gasteiger partial charge in [-0.3, -0.25) is 14.7 Å². The molecule has 0 spiro atoms. The molecule has 4 rings (SSSR count). The summed E-state index contributed by atoms with van der Waals surface area (Å²) in [6.07, 6.45) is 3.56. The topological polar surface area (TPSA) is 99.8 Å². The molecule has 2 amide bonds. The van der Waals surface area contributed by atoms with Gasteiger partial charge in [0.2, 0.25) is 5.91 Å². The second-order valence-corrected chi connectivity index (χ2v) is 7.96. The highest BCUT2D eigenvalue weighted by Crippen LogP contribution is 2.19. The van der Waals surface area contributed by atoms with Crippen molar-refractivity contribution in [3.8, 4) is 11.4 Å². The SMILES string of the molecule is O=C(CCCc1cccs1)Nc1cccc(C(=O)Nc2ccc(-c3ncn[nH]3)cc2)c1. The molecule has 4 aromatic rings. The summed E-state index contributed by atoms with van der Waals surface area (Å²) in [6, 6.07) is 18.3. The van der Waals surface area contributed by atoms with Gasteiger partial charge >= 0.3 is 0 Å². The van der Waals surface area contributed by atoms with Gasteiger partial charge in [0, 0.05) is 33.8 Å². The molecule has 0 radical (unpaired) electrons. The molecule has 3 N–H and O–H groups in total. The lowest BCUT2D eigenvalue weighted by Crippen LogP contribution is -2.14. The van der Waals surface area contributed by atoms with E-state index in [0.29, 0.717) is 29.2 Å². The Morgan fingerprint density at radius 2 is 1.84 bits per heavy atom. The number of hydrogen-bond acceptors (Lipinski definition) is 5. The fraction of sp³-hybridized carbons (Fsp3) is 0.130. The quantitative estimate of drug-likeness (QED) is 0.375. The van der Waals surface area contributed by atoms with Gasteiger partial charge in [-0.2, -0.15) is 5.10 Å². The van der Waals surface area contributed by atoms with E-state index in [0.717, 1.165) is 18.4 Å². The zero-order chi connectivity index (χ0) is 21.5. The number of nitrogens with zero attached hydrogens (tertiary/aromatic N) is 2. The number of amides is 2. The molecule has 0 saturated carbocycles. The van der Waals surface area contributed by atoms with Crippen LogP contribution in [0.2, 0.25) is 0 Å². The number of aryl methyl sites for hydroxylation is 1. The Morgan fingerprint density at radius 3 is 2.58 bits per heavy atom. The summed E-state index contributed by atoms with van der Waals surface area (Å²) in [5.41, 5.74) is 2.61. The van der Waals surface area contributed by atoms with Crippen molar-refractivity contribution in [1.82, 2.24) is 15.2 Å². The number of rotatable bonds is 8. The molecule has 0 atom stereocenters. The van der Waals surface area contributed by atoms with E-state index in [2.05, 4.69) is 31.9 Å². The molecule has 2 aromatic carbocycles. The third kappa shape index (κ3) is 5.64. The van der Waals surface area contributed by atoms with Crippen molar-refractivity contribution >= 4 is 34.5 Å². The molecular formula is C23H21N5O2S. The Labute approximate surface area is 183 Å². The van der Waals surface area contributed by atoms with Gasteiger partial charge in [0.15, 0.2) is 5.82 Å². The lowest BCUT2D eigenvalue weighted by Gasteiger charge is -2.09. The summed E-state index contributed by atoms with van der Waals surface area (Å²) >= 11 is 1.70. The molecule has 0 fully saturated rings. The van der Waals surface area contributed by atoms with Gasteiger partial charge in [0.25, 0.3) is 5.91 Å². The van der Waals surface area contributed by atoms with Crippen molar-refractivity contribution < 1.29 is 9.59 Å². The van der Waals surface area contributed by atoms with E-state index in [-0.39, 0.29) is 11.8 Å². The Morgan fingerprint density at radius 1 is 0.968 bits per heavy atom. The lowest BCUT2D eigenvalue weighted by molar-refractivity contribution is -0.116. The minimum absolute atomic E-state index is 0.0582.